The highest BCUT2D eigenvalue weighted by molar-refractivity contribution is 5.19. The van der Waals surface area contributed by atoms with Crippen molar-refractivity contribution in [1.82, 2.24) is 0 Å². The molecule has 0 fully saturated rings. The summed E-state index contributed by atoms with van der Waals surface area (Å²) in [6.07, 6.45) is 0. The first kappa shape index (κ1) is 5.29. The van der Waals surface area contributed by atoms with Gasteiger partial charge in [-0.15, -0.1) is 0 Å². The zero-order chi connectivity index (χ0) is 5.98. The van der Waals surface area contributed by atoms with E-state index in [1.807, 2.05) is 0 Å². The largest absolute Gasteiger partial charge is 0.207 e. The fourth-order valence-electron chi connectivity index (χ4n) is 0.475. The van der Waals surface area contributed by atoms with E-state index >= 15 is 0 Å². The van der Waals surface area contributed by atoms with Crippen LogP contribution in [0.1, 0.15) is 5.56 Å². The lowest BCUT2D eigenvalue weighted by Crippen LogP contribution is -1.76. The minimum absolute atomic E-state index is 0.201. The van der Waals surface area contributed by atoms with E-state index in [-0.39, 0.29) is 11.4 Å². The van der Waals surface area contributed by atoms with Gasteiger partial charge in [0.05, 0.1) is 0 Å². The third-order valence-corrected chi connectivity index (χ3v) is 0.905. The molecule has 1 rings (SSSR count). The van der Waals surface area contributed by atoms with Gasteiger partial charge in [-0.3, -0.25) is 0 Å². The van der Waals surface area contributed by atoms with E-state index in [1.165, 1.54) is 12.1 Å². The molecule has 0 heterocycles. The molecule has 0 aliphatic rings. The first-order chi connectivity index (χ1) is 3.80. The van der Waals surface area contributed by atoms with Crippen molar-refractivity contribution >= 4 is 0 Å². The van der Waals surface area contributed by atoms with E-state index in [1.54, 1.807) is 12.1 Å². The van der Waals surface area contributed by atoms with Crippen LogP contribution < -0.4 is 0 Å². The van der Waals surface area contributed by atoms with Gasteiger partial charge < -0.3 is 0 Å². The van der Waals surface area contributed by atoms with Gasteiger partial charge in [0.15, 0.2) is 0 Å². The maximum Gasteiger partial charge on any atom is 0.126 e. The highest BCUT2D eigenvalue weighted by Gasteiger charge is 1.89. The summed E-state index contributed by atoms with van der Waals surface area (Å²) in [5.74, 6) is -0.354. The zero-order valence-electron chi connectivity index (χ0n) is 4.26. The smallest absolute Gasteiger partial charge is 0.126 e. The minimum atomic E-state index is -0.354. The van der Waals surface area contributed by atoms with Crippen LogP contribution in [0.3, 0.4) is 0 Å². The van der Waals surface area contributed by atoms with Crippen molar-refractivity contribution in [2.24, 2.45) is 0 Å². The van der Waals surface area contributed by atoms with E-state index in [0.29, 0.717) is 0 Å². The Hall–Kier alpha value is -0.850. The molecule has 0 spiro atoms. The summed E-state index contributed by atoms with van der Waals surface area (Å²) in [4.78, 5) is 0. The van der Waals surface area contributed by atoms with Crippen molar-refractivity contribution in [3.63, 3.8) is 0 Å². The number of halogens is 1. The van der Waals surface area contributed by atoms with Crippen LogP contribution in [-0.4, -0.2) is 0 Å². The summed E-state index contributed by atoms with van der Waals surface area (Å²) in [6, 6.07) is 6.15. The maximum absolute atomic E-state index is 12.2. The van der Waals surface area contributed by atoms with Crippen LogP contribution in [0.25, 0.3) is 0 Å². The lowest BCUT2D eigenvalue weighted by molar-refractivity contribution is 0.623. The van der Waals surface area contributed by atoms with Crippen molar-refractivity contribution in [2.75, 3.05) is 0 Å². The minimum Gasteiger partial charge on any atom is -0.207 e. The Morgan fingerprint density at radius 3 is 2.25 bits per heavy atom. The van der Waals surface area contributed by atoms with Crippen LogP contribution in [0.2, 0.25) is 0 Å². The highest BCUT2D eigenvalue weighted by Crippen LogP contribution is 2.01. The van der Waals surface area contributed by atoms with E-state index in [4.69, 9.17) is 6.92 Å². The van der Waals surface area contributed by atoms with Gasteiger partial charge >= 0.3 is 0 Å². The van der Waals surface area contributed by atoms with Gasteiger partial charge in [0.2, 0.25) is 0 Å². The molecular formula is C7H5F. The molecule has 2 radical (unpaired) electrons. The summed E-state index contributed by atoms with van der Waals surface area (Å²) in [5, 5.41) is 0. The molecule has 1 heteroatoms. The van der Waals surface area contributed by atoms with Crippen LogP contribution in [0, 0.1) is 12.7 Å². The predicted octanol–water partition coefficient (Wildman–Crippen LogP) is 1.88. The Labute approximate surface area is 48.0 Å². The van der Waals surface area contributed by atoms with Gasteiger partial charge in [0, 0.05) is 6.92 Å². The quantitative estimate of drug-likeness (QED) is 0.476. The SMILES string of the molecule is [CH]c1ccccc1F. The van der Waals surface area contributed by atoms with Crippen LogP contribution in [-0.2, 0) is 0 Å². The van der Waals surface area contributed by atoms with E-state index < -0.39 is 0 Å². The Balaban J connectivity index is 3.13. The van der Waals surface area contributed by atoms with Crippen molar-refractivity contribution in [3.8, 4) is 0 Å². The number of hydrogen-bond acceptors (Lipinski definition) is 0. The van der Waals surface area contributed by atoms with Gasteiger partial charge in [0.25, 0.3) is 0 Å². The van der Waals surface area contributed by atoms with E-state index in [0.717, 1.165) is 0 Å². The predicted molar refractivity (Wildman–Crippen MR) is 29.8 cm³/mol. The molecule has 0 atom stereocenters. The molecule has 0 N–H and O–H groups in total. The normalized spacial score (nSPS) is 9.25. The molecule has 1 aromatic rings. The van der Waals surface area contributed by atoms with Crippen molar-refractivity contribution in [1.29, 1.82) is 0 Å². The van der Waals surface area contributed by atoms with Gasteiger partial charge in [-0.25, -0.2) is 4.39 Å². The summed E-state index contributed by atoms with van der Waals surface area (Å²) in [6.45, 7) is 5.14. The molecular weight excluding hydrogens is 103 g/mol. The van der Waals surface area contributed by atoms with E-state index in [2.05, 4.69) is 0 Å². The first-order valence-corrected chi connectivity index (χ1v) is 2.31. The molecule has 0 saturated heterocycles. The summed E-state index contributed by atoms with van der Waals surface area (Å²) < 4.78 is 12.2. The number of rotatable bonds is 0. The Bertz CT molecular complexity index is 160. The molecule has 40 valence electrons. The van der Waals surface area contributed by atoms with Crippen molar-refractivity contribution in [3.05, 3.63) is 42.6 Å². The molecule has 0 unspecified atom stereocenters. The fraction of sp³-hybridized carbons (Fsp3) is 0. The summed E-state index contributed by atoms with van der Waals surface area (Å²) in [7, 11) is 0. The molecule has 0 bridgehead atoms. The summed E-state index contributed by atoms with van der Waals surface area (Å²) in [5.41, 5.74) is 0.201. The molecule has 0 amide bonds. The third kappa shape index (κ3) is 0.861. The third-order valence-electron chi connectivity index (χ3n) is 0.905. The average molecular weight is 108 g/mol. The topological polar surface area (TPSA) is 0 Å². The van der Waals surface area contributed by atoms with Crippen LogP contribution >= 0.6 is 0 Å². The average Bonchev–Trinajstić information content (AvgIpc) is 1.77. The van der Waals surface area contributed by atoms with Crippen LogP contribution in [0.4, 0.5) is 4.39 Å². The second kappa shape index (κ2) is 1.95. The molecule has 8 heavy (non-hydrogen) atoms. The lowest BCUT2D eigenvalue weighted by atomic mass is 10.2. The molecule has 0 aliphatic carbocycles. The maximum atomic E-state index is 12.2. The Morgan fingerprint density at radius 1 is 1.25 bits per heavy atom. The summed E-state index contributed by atoms with van der Waals surface area (Å²) >= 11 is 0. The molecule has 0 saturated carbocycles. The lowest BCUT2D eigenvalue weighted by Gasteiger charge is -1.88. The van der Waals surface area contributed by atoms with Crippen LogP contribution in [0.15, 0.2) is 24.3 Å². The monoisotopic (exact) mass is 108 g/mol. The van der Waals surface area contributed by atoms with E-state index in [9.17, 15) is 4.39 Å². The zero-order valence-corrected chi connectivity index (χ0v) is 4.26. The second-order valence-electron chi connectivity index (χ2n) is 1.52. The molecule has 0 aromatic heterocycles. The van der Waals surface area contributed by atoms with Crippen molar-refractivity contribution < 1.29 is 4.39 Å². The van der Waals surface area contributed by atoms with Crippen LogP contribution in [0.5, 0.6) is 0 Å². The fourth-order valence-corrected chi connectivity index (χ4v) is 0.475. The number of benzene rings is 1. The molecule has 1 aromatic carbocycles. The molecule has 0 nitrogen and oxygen atoms in total. The molecule has 0 aliphatic heterocycles. The Morgan fingerprint density at radius 2 is 1.88 bits per heavy atom. The van der Waals surface area contributed by atoms with Crippen molar-refractivity contribution in [2.45, 2.75) is 0 Å². The Kier molecular flexibility index (Phi) is 1.29. The van der Waals surface area contributed by atoms with Gasteiger partial charge in [0.1, 0.15) is 5.82 Å². The second-order valence-corrected chi connectivity index (χ2v) is 1.52. The standard InChI is InChI=1S/C7H5F/c1-6-4-2-3-5-7(6)8/h1-5H. The van der Waals surface area contributed by atoms with Gasteiger partial charge in [-0.1, -0.05) is 18.2 Å². The first-order valence-electron chi connectivity index (χ1n) is 2.31. The van der Waals surface area contributed by atoms with Gasteiger partial charge in [-0.05, 0) is 11.6 Å². The van der Waals surface area contributed by atoms with Gasteiger partial charge in [-0.2, -0.15) is 0 Å². The number of hydrogen-bond donors (Lipinski definition) is 0. The highest BCUT2D eigenvalue weighted by atomic mass is 19.1.